The van der Waals surface area contributed by atoms with Crippen LogP contribution in [0.2, 0.25) is 0 Å². The highest BCUT2D eigenvalue weighted by molar-refractivity contribution is 6.20. The fraction of sp³-hybridized carbons (Fsp3) is 0. The molecule has 0 radical (unpaired) electrons. The summed E-state index contributed by atoms with van der Waals surface area (Å²) >= 11 is 0. The fourth-order valence-corrected chi connectivity index (χ4v) is 8.35. The van der Waals surface area contributed by atoms with E-state index in [2.05, 4.69) is 187 Å². The molecule has 0 aliphatic heterocycles. The van der Waals surface area contributed by atoms with Gasteiger partial charge in [0.1, 0.15) is 22.3 Å². The molecule has 0 aliphatic carbocycles. The van der Waals surface area contributed by atoms with Crippen LogP contribution in [-0.4, -0.2) is 0 Å². The summed E-state index contributed by atoms with van der Waals surface area (Å²) in [6, 6.07) is 70.9. The second-order valence-electron chi connectivity index (χ2n) is 14.0. The number of benzene rings is 9. The summed E-state index contributed by atoms with van der Waals surface area (Å²) in [5.74, 6) is 0. The Hall–Kier alpha value is -7.36. The minimum absolute atomic E-state index is 0.898. The Bertz CT molecular complexity index is 3190. The molecular formula is C52H33NO2. The lowest BCUT2D eigenvalue weighted by molar-refractivity contribution is 0.669. The van der Waals surface area contributed by atoms with Crippen LogP contribution in [0.25, 0.3) is 88.0 Å². The molecule has 0 N–H and O–H groups in total. The van der Waals surface area contributed by atoms with E-state index in [9.17, 15) is 0 Å². The first-order chi connectivity index (χ1) is 27.3. The molecule has 2 heterocycles. The standard InChI is InChI=1S/C52H33NO2/c1-2-13-34(14-3-1)40-16-6-9-22-46(40)53(38-29-25-35(26-30-38)42-20-12-21-44-43-18-7-10-23-47(43)55-52(42)44)39-31-27-36(28-32-39)50-41-17-5-4-15-37(41)33-49-51(50)45-19-8-11-24-48(45)54-49/h1-33H. The Morgan fingerprint density at radius 1 is 0.345 bits per heavy atom. The number of rotatable bonds is 6. The number of hydrogen-bond acceptors (Lipinski definition) is 3. The second kappa shape index (κ2) is 12.6. The van der Waals surface area contributed by atoms with E-state index >= 15 is 0 Å². The highest BCUT2D eigenvalue weighted by atomic mass is 16.3. The summed E-state index contributed by atoms with van der Waals surface area (Å²) in [6.07, 6.45) is 0. The second-order valence-corrected chi connectivity index (χ2v) is 14.0. The number of hydrogen-bond donors (Lipinski definition) is 0. The molecule has 0 atom stereocenters. The van der Waals surface area contributed by atoms with E-state index < -0.39 is 0 Å². The lowest BCUT2D eigenvalue weighted by Crippen LogP contribution is -2.11. The normalized spacial score (nSPS) is 11.6. The van der Waals surface area contributed by atoms with Crippen LogP contribution in [0.1, 0.15) is 0 Å². The number of nitrogens with zero attached hydrogens (tertiary/aromatic N) is 1. The van der Waals surface area contributed by atoms with E-state index in [0.29, 0.717) is 0 Å². The van der Waals surface area contributed by atoms with Gasteiger partial charge in [0.25, 0.3) is 0 Å². The van der Waals surface area contributed by atoms with E-state index in [1.165, 1.54) is 10.9 Å². The van der Waals surface area contributed by atoms with Gasteiger partial charge in [0.15, 0.2) is 0 Å². The predicted octanol–water partition coefficient (Wildman–Crippen LogP) is 15.1. The van der Waals surface area contributed by atoms with E-state index in [0.717, 1.165) is 94.1 Å². The zero-order chi connectivity index (χ0) is 36.3. The van der Waals surface area contributed by atoms with Gasteiger partial charge in [-0.1, -0.05) is 152 Å². The van der Waals surface area contributed by atoms with Crippen LogP contribution in [0.5, 0.6) is 0 Å². The van der Waals surface area contributed by atoms with Crippen molar-refractivity contribution >= 4 is 71.7 Å². The highest BCUT2D eigenvalue weighted by Crippen LogP contribution is 2.45. The Kier molecular flexibility index (Phi) is 7.17. The van der Waals surface area contributed by atoms with Gasteiger partial charge in [0.2, 0.25) is 0 Å². The molecule has 0 unspecified atom stereocenters. The third-order valence-corrected chi connectivity index (χ3v) is 10.9. The molecule has 0 amide bonds. The van der Waals surface area contributed by atoms with Gasteiger partial charge in [-0.05, 0) is 76.0 Å². The zero-order valence-electron chi connectivity index (χ0n) is 29.8. The van der Waals surface area contributed by atoms with Gasteiger partial charge in [0, 0.05) is 49.6 Å². The molecule has 0 saturated carbocycles. The molecule has 0 bridgehead atoms. The minimum atomic E-state index is 0.898. The first-order valence-corrected chi connectivity index (χ1v) is 18.7. The molecule has 3 nitrogen and oxygen atoms in total. The molecule has 11 aromatic rings. The summed E-state index contributed by atoms with van der Waals surface area (Å²) in [7, 11) is 0. The summed E-state index contributed by atoms with van der Waals surface area (Å²) in [6.45, 7) is 0. The fourth-order valence-electron chi connectivity index (χ4n) is 8.35. The topological polar surface area (TPSA) is 29.5 Å². The first kappa shape index (κ1) is 31.2. The Balaban J connectivity index is 1.07. The minimum Gasteiger partial charge on any atom is -0.456 e. The monoisotopic (exact) mass is 703 g/mol. The molecule has 55 heavy (non-hydrogen) atoms. The highest BCUT2D eigenvalue weighted by Gasteiger charge is 2.20. The molecule has 258 valence electrons. The average molecular weight is 704 g/mol. The van der Waals surface area contributed by atoms with Gasteiger partial charge in [-0.2, -0.15) is 0 Å². The first-order valence-electron chi connectivity index (χ1n) is 18.7. The van der Waals surface area contributed by atoms with E-state index in [1.54, 1.807) is 0 Å². The van der Waals surface area contributed by atoms with E-state index in [-0.39, 0.29) is 0 Å². The molecule has 3 heteroatoms. The lowest BCUT2D eigenvalue weighted by atomic mass is 9.93. The average Bonchev–Trinajstić information content (AvgIpc) is 3.82. The van der Waals surface area contributed by atoms with Crippen molar-refractivity contribution in [1.82, 2.24) is 0 Å². The summed E-state index contributed by atoms with van der Waals surface area (Å²) in [5.41, 5.74) is 13.7. The maximum absolute atomic E-state index is 6.42. The van der Waals surface area contributed by atoms with Gasteiger partial charge >= 0.3 is 0 Å². The zero-order valence-corrected chi connectivity index (χ0v) is 29.8. The van der Waals surface area contributed by atoms with Crippen molar-refractivity contribution in [3.05, 3.63) is 200 Å². The van der Waals surface area contributed by atoms with Crippen molar-refractivity contribution in [3.63, 3.8) is 0 Å². The Labute approximate surface area is 317 Å². The van der Waals surface area contributed by atoms with Gasteiger partial charge < -0.3 is 13.7 Å². The molecular weight excluding hydrogens is 671 g/mol. The van der Waals surface area contributed by atoms with Gasteiger partial charge in [0.05, 0.1) is 5.69 Å². The number of furan rings is 2. The molecule has 11 rings (SSSR count). The van der Waals surface area contributed by atoms with E-state index in [1.807, 2.05) is 18.2 Å². The van der Waals surface area contributed by atoms with Gasteiger partial charge in [-0.15, -0.1) is 0 Å². The lowest BCUT2D eigenvalue weighted by Gasteiger charge is -2.28. The van der Waals surface area contributed by atoms with Crippen molar-refractivity contribution in [3.8, 4) is 33.4 Å². The third kappa shape index (κ3) is 5.13. The molecule has 0 spiro atoms. The number of para-hydroxylation sites is 4. The molecule has 0 saturated heterocycles. The van der Waals surface area contributed by atoms with Crippen molar-refractivity contribution in [2.45, 2.75) is 0 Å². The predicted molar refractivity (Wildman–Crippen MR) is 229 cm³/mol. The van der Waals surface area contributed by atoms with Crippen LogP contribution < -0.4 is 4.90 Å². The summed E-state index contributed by atoms with van der Waals surface area (Å²) in [4.78, 5) is 2.36. The summed E-state index contributed by atoms with van der Waals surface area (Å²) < 4.78 is 12.8. The van der Waals surface area contributed by atoms with Crippen LogP contribution in [0, 0.1) is 0 Å². The van der Waals surface area contributed by atoms with Crippen LogP contribution >= 0.6 is 0 Å². The maximum Gasteiger partial charge on any atom is 0.143 e. The van der Waals surface area contributed by atoms with Crippen molar-refractivity contribution < 1.29 is 8.83 Å². The number of fused-ring (bicyclic) bond motifs is 7. The van der Waals surface area contributed by atoms with Crippen LogP contribution in [-0.2, 0) is 0 Å². The number of anilines is 3. The van der Waals surface area contributed by atoms with Crippen molar-refractivity contribution in [2.75, 3.05) is 4.90 Å². The van der Waals surface area contributed by atoms with Gasteiger partial charge in [-0.3, -0.25) is 0 Å². The molecule has 9 aromatic carbocycles. The smallest absolute Gasteiger partial charge is 0.143 e. The third-order valence-electron chi connectivity index (χ3n) is 10.9. The Morgan fingerprint density at radius 2 is 0.909 bits per heavy atom. The molecule has 0 fully saturated rings. The van der Waals surface area contributed by atoms with Gasteiger partial charge in [-0.25, -0.2) is 0 Å². The van der Waals surface area contributed by atoms with Crippen molar-refractivity contribution in [1.29, 1.82) is 0 Å². The van der Waals surface area contributed by atoms with Crippen LogP contribution in [0.4, 0.5) is 17.1 Å². The van der Waals surface area contributed by atoms with Crippen LogP contribution in [0.15, 0.2) is 209 Å². The van der Waals surface area contributed by atoms with Crippen molar-refractivity contribution in [2.24, 2.45) is 0 Å². The van der Waals surface area contributed by atoms with E-state index in [4.69, 9.17) is 8.83 Å². The molecule has 0 aliphatic rings. The Morgan fingerprint density at radius 3 is 1.69 bits per heavy atom. The largest absolute Gasteiger partial charge is 0.456 e. The maximum atomic E-state index is 6.42. The SMILES string of the molecule is c1ccc(-c2ccccc2N(c2ccc(-c3cccc4c3oc3ccccc34)cc2)c2ccc(-c3c4ccccc4cc4oc5ccccc5c34)cc2)cc1. The quantitative estimate of drug-likeness (QED) is 0.173. The molecule has 2 aromatic heterocycles. The summed E-state index contributed by atoms with van der Waals surface area (Å²) in [5, 5.41) is 6.89. The van der Waals surface area contributed by atoms with Crippen LogP contribution in [0.3, 0.4) is 0 Å².